The molecule has 0 radical (unpaired) electrons. The van der Waals surface area contributed by atoms with Gasteiger partial charge < -0.3 is 20.1 Å². The summed E-state index contributed by atoms with van der Waals surface area (Å²) in [6.07, 6.45) is 6.03. The van der Waals surface area contributed by atoms with Crippen molar-refractivity contribution in [2.75, 3.05) is 44.7 Å². The highest BCUT2D eigenvalue weighted by Gasteiger charge is 2.20. The normalized spacial score (nSPS) is 15.2. The van der Waals surface area contributed by atoms with Gasteiger partial charge in [-0.05, 0) is 36.1 Å². The van der Waals surface area contributed by atoms with Gasteiger partial charge in [0.1, 0.15) is 5.82 Å². The van der Waals surface area contributed by atoms with E-state index in [1.807, 2.05) is 25.4 Å². The van der Waals surface area contributed by atoms with E-state index in [1.54, 1.807) is 0 Å². The van der Waals surface area contributed by atoms with Crippen molar-refractivity contribution in [2.45, 2.75) is 19.8 Å². The van der Waals surface area contributed by atoms with Gasteiger partial charge in [0.25, 0.3) is 0 Å². The zero-order valence-corrected chi connectivity index (χ0v) is 17.4. The van der Waals surface area contributed by atoms with Crippen molar-refractivity contribution in [2.24, 2.45) is 4.99 Å². The van der Waals surface area contributed by atoms with Crippen LogP contribution in [-0.4, -0.2) is 60.6 Å². The van der Waals surface area contributed by atoms with E-state index >= 15 is 0 Å². The molecular formula is C23H30N6. The Labute approximate surface area is 172 Å². The molecule has 2 N–H and O–H groups in total. The fraction of sp³-hybridized carbons (Fsp3) is 0.391. The number of nitrogens with one attached hydrogen (secondary N) is 2. The number of hydrogen-bond donors (Lipinski definition) is 2. The average Bonchev–Trinajstić information content (AvgIpc) is 3.21. The van der Waals surface area contributed by atoms with Crippen LogP contribution in [0.25, 0.3) is 10.9 Å². The molecule has 3 aromatic rings. The minimum atomic E-state index is 0.871. The van der Waals surface area contributed by atoms with Crippen LogP contribution in [0.15, 0.2) is 53.8 Å². The number of hydrogen-bond acceptors (Lipinski definition) is 3. The molecule has 0 bridgehead atoms. The van der Waals surface area contributed by atoms with Gasteiger partial charge in [-0.2, -0.15) is 0 Å². The lowest BCUT2D eigenvalue weighted by molar-refractivity contribution is 0.372. The molecule has 4 rings (SSSR count). The van der Waals surface area contributed by atoms with Gasteiger partial charge in [-0.25, -0.2) is 4.98 Å². The third kappa shape index (κ3) is 4.21. The van der Waals surface area contributed by atoms with Gasteiger partial charge in [0, 0.05) is 63.1 Å². The van der Waals surface area contributed by atoms with E-state index in [4.69, 9.17) is 0 Å². The molecule has 0 aliphatic carbocycles. The summed E-state index contributed by atoms with van der Waals surface area (Å²) in [5.41, 5.74) is 4.02. The van der Waals surface area contributed by atoms with Gasteiger partial charge >= 0.3 is 0 Å². The number of aromatic amines is 1. The maximum atomic E-state index is 4.51. The van der Waals surface area contributed by atoms with E-state index in [-0.39, 0.29) is 0 Å². The number of H-pyrrole nitrogens is 1. The standard InChI is InChI=1S/C23H30N6/c1-3-18-7-6-8-20-19(17-27-22(18)20)10-12-26-23(24-2)29-15-13-28(14-16-29)21-9-4-5-11-25-21/h4-9,11,17,27H,3,10,12-16H2,1-2H3,(H,24,26). The van der Waals surface area contributed by atoms with E-state index in [1.165, 1.54) is 22.0 Å². The Morgan fingerprint density at radius 3 is 2.69 bits per heavy atom. The summed E-state index contributed by atoms with van der Waals surface area (Å²) >= 11 is 0. The van der Waals surface area contributed by atoms with Gasteiger partial charge in [-0.3, -0.25) is 4.99 Å². The van der Waals surface area contributed by atoms with Crippen molar-refractivity contribution in [3.8, 4) is 0 Å². The van der Waals surface area contributed by atoms with Crippen molar-refractivity contribution in [3.05, 3.63) is 59.9 Å². The van der Waals surface area contributed by atoms with Crippen molar-refractivity contribution in [3.63, 3.8) is 0 Å². The number of pyridine rings is 1. The summed E-state index contributed by atoms with van der Waals surface area (Å²) in [6.45, 7) is 6.89. The quantitative estimate of drug-likeness (QED) is 0.519. The number of piperazine rings is 1. The summed E-state index contributed by atoms with van der Waals surface area (Å²) in [5.74, 6) is 2.04. The average molecular weight is 391 g/mol. The molecule has 3 heterocycles. The van der Waals surface area contributed by atoms with Crippen LogP contribution in [0.3, 0.4) is 0 Å². The minimum Gasteiger partial charge on any atom is -0.361 e. The number of rotatable bonds is 5. The van der Waals surface area contributed by atoms with E-state index in [0.29, 0.717) is 0 Å². The van der Waals surface area contributed by atoms with E-state index < -0.39 is 0 Å². The molecule has 29 heavy (non-hydrogen) atoms. The number of benzene rings is 1. The van der Waals surface area contributed by atoms with E-state index in [2.05, 4.69) is 67.5 Å². The maximum absolute atomic E-state index is 4.51. The summed E-state index contributed by atoms with van der Waals surface area (Å²) in [7, 11) is 1.87. The second-order valence-electron chi connectivity index (χ2n) is 7.39. The molecule has 1 aliphatic heterocycles. The highest BCUT2D eigenvalue weighted by Crippen LogP contribution is 2.22. The Balaban J connectivity index is 1.32. The lowest BCUT2D eigenvalue weighted by atomic mass is 10.1. The second kappa shape index (κ2) is 8.99. The molecule has 1 fully saturated rings. The molecule has 1 saturated heterocycles. The predicted molar refractivity (Wildman–Crippen MR) is 121 cm³/mol. The van der Waals surface area contributed by atoms with Gasteiger partial charge in [-0.15, -0.1) is 0 Å². The molecule has 2 aromatic heterocycles. The van der Waals surface area contributed by atoms with Crippen molar-refractivity contribution in [1.29, 1.82) is 0 Å². The van der Waals surface area contributed by atoms with E-state index in [9.17, 15) is 0 Å². The lowest BCUT2D eigenvalue weighted by Crippen LogP contribution is -2.53. The fourth-order valence-corrected chi connectivity index (χ4v) is 4.11. The number of aromatic nitrogens is 2. The molecule has 0 amide bonds. The first kappa shape index (κ1) is 19.3. The number of aliphatic imine (C=N–C) groups is 1. The molecule has 0 unspecified atom stereocenters. The van der Waals surface area contributed by atoms with Crippen LogP contribution in [0.1, 0.15) is 18.1 Å². The lowest BCUT2D eigenvalue weighted by Gasteiger charge is -2.37. The fourth-order valence-electron chi connectivity index (χ4n) is 4.11. The first-order valence-electron chi connectivity index (χ1n) is 10.5. The monoisotopic (exact) mass is 390 g/mol. The minimum absolute atomic E-state index is 0.871. The molecule has 0 spiro atoms. The molecule has 1 aliphatic rings. The number of aryl methyl sites for hydroxylation is 1. The molecule has 152 valence electrons. The summed E-state index contributed by atoms with van der Waals surface area (Å²) in [4.78, 5) is 17.1. The Bertz CT molecular complexity index is 954. The summed E-state index contributed by atoms with van der Waals surface area (Å²) in [6, 6.07) is 12.7. The van der Waals surface area contributed by atoms with Crippen LogP contribution in [0.5, 0.6) is 0 Å². The third-order valence-electron chi connectivity index (χ3n) is 5.71. The zero-order chi connectivity index (χ0) is 20.1. The predicted octanol–water partition coefficient (Wildman–Crippen LogP) is 3.07. The molecule has 6 heteroatoms. The van der Waals surface area contributed by atoms with Gasteiger partial charge in [0.05, 0.1) is 0 Å². The number of fused-ring (bicyclic) bond motifs is 1. The second-order valence-corrected chi connectivity index (χ2v) is 7.39. The van der Waals surface area contributed by atoms with Crippen LogP contribution in [0, 0.1) is 0 Å². The van der Waals surface area contributed by atoms with Gasteiger partial charge in [0.15, 0.2) is 5.96 Å². The van der Waals surface area contributed by atoms with Crippen molar-refractivity contribution >= 4 is 22.7 Å². The number of nitrogens with zero attached hydrogens (tertiary/aromatic N) is 4. The smallest absolute Gasteiger partial charge is 0.193 e. The van der Waals surface area contributed by atoms with Gasteiger partial charge in [-0.1, -0.05) is 31.2 Å². The largest absolute Gasteiger partial charge is 0.361 e. The summed E-state index contributed by atoms with van der Waals surface area (Å²) < 4.78 is 0. The Hall–Kier alpha value is -3.02. The SMILES string of the molecule is CCc1cccc2c(CCNC(=NC)N3CCN(c4ccccn4)CC3)c[nH]c12. The Morgan fingerprint density at radius 2 is 1.97 bits per heavy atom. The molecular weight excluding hydrogens is 360 g/mol. The number of anilines is 1. The van der Waals surface area contributed by atoms with Crippen LogP contribution in [0.2, 0.25) is 0 Å². The first-order chi connectivity index (χ1) is 14.3. The first-order valence-corrected chi connectivity index (χ1v) is 10.5. The van der Waals surface area contributed by atoms with E-state index in [0.717, 1.165) is 57.3 Å². The third-order valence-corrected chi connectivity index (χ3v) is 5.71. The molecule has 0 saturated carbocycles. The van der Waals surface area contributed by atoms with Crippen molar-refractivity contribution in [1.82, 2.24) is 20.2 Å². The van der Waals surface area contributed by atoms with Crippen LogP contribution < -0.4 is 10.2 Å². The highest BCUT2D eigenvalue weighted by molar-refractivity contribution is 5.86. The zero-order valence-electron chi connectivity index (χ0n) is 17.4. The Morgan fingerprint density at radius 1 is 1.10 bits per heavy atom. The van der Waals surface area contributed by atoms with Crippen molar-refractivity contribution < 1.29 is 0 Å². The molecule has 1 aromatic carbocycles. The van der Waals surface area contributed by atoms with Gasteiger partial charge in [0.2, 0.25) is 0 Å². The van der Waals surface area contributed by atoms with Crippen LogP contribution in [0.4, 0.5) is 5.82 Å². The Kier molecular flexibility index (Phi) is 5.98. The topological polar surface area (TPSA) is 59.6 Å². The molecule has 0 atom stereocenters. The summed E-state index contributed by atoms with van der Waals surface area (Å²) in [5, 5.41) is 4.89. The highest BCUT2D eigenvalue weighted by atomic mass is 15.4. The maximum Gasteiger partial charge on any atom is 0.193 e. The molecule has 6 nitrogen and oxygen atoms in total. The number of para-hydroxylation sites is 1. The van der Waals surface area contributed by atoms with Crippen LogP contribution in [-0.2, 0) is 12.8 Å². The number of guanidine groups is 1. The van der Waals surface area contributed by atoms with Crippen LogP contribution >= 0.6 is 0 Å².